The van der Waals surface area contributed by atoms with Crippen LogP contribution in [0, 0.1) is 0 Å². The fourth-order valence-electron chi connectivity index (χ4n) is 2.26. The molecule has 0 saturated heterocycles. The average Bonchev–Trinajstić information content (AvgIpc) is 2.90. The summed E-state index contributed by atoms with van der Waals surface area (Å²) in [6, 6.07) is 7.28. The van der Waals surface area contributed by atoms with E-state index in [-0.39, 0.29) is 16.9 Å². The summed E-state index contributed by atoms with van der Waals surface area (Å²) in [5.41, 5.74) is 0.732. The van der Waals surface area contributed by atoms with Crippen LogP contribution in [0.5, 0.6) is 5.75 Å². The zero-order valence-corrected chi connectivity index (χ0v) is 9.97. The quantitative estimate of drug-likeness (QED) is 0.770. The van der Waals surface area contributed by atoms with E-state index in [1.807, 2.05) is 18.2 Å². The fraction of sp³-hybridized carbons (Fsp3) is 0.231. The van der Waals surface area contributed by atoms with Crippen molar-refractivity contribution < 1.29 is 5.11 Å². The molecule has 0 radical (unpaired) electrons. The van der Waals surface area contributed by atoms with Crippen molar-refractivity contribution in [2.75, 3.05) is 13.1 Å². The first kappa shape index (κ1) is 10.8. The van der Waals surface area contributed by atoms with Crippen LogP contribution in [0.2, 0.25) is 0 Å². The van der Waals surface area contributed by atoms with Gasteiger partial charge in [0.2, 0.25) is 0 Å². The number of nitrogens with zero attached hydrogens (tertiary/aromatic N) is 2. The van der Waals surface area contributed by atoms with Crippen LogP contribution in [-0.4, -0.2) is 28.6 Å². The Morgan fingerprint density at radius 2 is 2.17 bits per heavy atom. The second-order valence-corrected chi connectivity index (χ2v) is 4.26. The van der Waals surface area contributed by atoms with Gasteiger partial charge in [-0.05, 0) is 12.1 Å². The van der Waals surface area contributed by atoms with Gasteiger partial charge < -0.3 is 15.0 Å². The van der Waals surface area contributed by atoms with Gasteiger partial charge in [-0.1, -0.05) is 12.1 Å². The lowest BCUT2D eigenvalue weighted by atomic mass is 10.1. The van der Waals surface area contributed by atoms with E-state index < -0.39 is 0 Å². The number of aryl methyl sites for hydroxylation is 1. The number of hydrogen-bond donors (Lipinski definition) is 2. The van der Waals surface area contributed by atoms with Crippen molar-refractivity contribution in [2.45, 2.75) is 0 Å². The maximum Gasteiger partial charge on any atom is 0.265 e. The highest BCUT2D eigenvalue weighted by molar-refractivity contribution is 6.05. The van der Waals surface area contributed by atoms with Crippen LogP contribution in [0.4, 0.5) is 0 Å². The minimum absolute atomic E-state index is 0.00171. The molecule has 0 unspecified atom stereocenters. The summed E-state index contributed by atoms with van der Waals surface area (Å²) in [6.07, 6.45) is 0. The van der Waals surface area contributed by atoms with Crippen molar-refractivity contribution in [1.29, 1.82) is 0 Å². The predicted octanol–water partition coefficient (Wildman–Crippen LogP) is 0.594. The Labute approximate surface area is 103 Å². The number of hydrogen-bond acceptors (Lipinski definition) is 4. The minimum Gasteiger partial charge on any atom is -0.506 e. The second kappa shape index (κ2) is 3.87. The van der Waals surface area contributed by atoms with Gasteiger partial charge in [0.1, 0.15) is 17.1 Å². The largest absolute Gasteiger partial charge is 0.506 e. The van der Waals surface area contributed by atoms with Crippen molar-refractivity contribution in [3.05, 3.63) is 40.2 Å². The molecule has 0 saturated carbocycles. The normalized spacial score (nSPS) is 14.6. The number of benzene rings is 1. The highest BCUT2D eigenvalue weighted by Gasteiger charge is 2.20. The molecule has 5 heteroatoms. The summed E-state index contributed by atoms with van der Waals surface area (Å²) in [6.45, 7) is 1.33. The highest BCUT2D eigenvalue weighted by Crippen LogP contribution is 2.26. The van der Waals surface area contributed by atoms with Crippen LogP contribution in [0.1, 0.15) is 5.56 Å². The Kier molecular flexibility index (Phi) is 2.33. The molecule has 2 aromatic rings. The molecule has 0 bridgehead atoms. The van der Waals surface area contributed by atoms with E-state index in [2.05, 4.69) is 10.3 Å². The van der Waals surface area contributed by atoms with Crippen LogP contribution < -0.4 is 10.9 Å². The van der Waals surface area contributed by atoms with E-state index in [9.17, 15) is 9.90 Å². The van der Waals surface area contributed by atoms with E-state index in [0.717, 1.165) is 0 Å². The molecule has 92 valence electrons. The van der Waals surface area contributed by atoms with Gasteiger partial charge in [-0.3, -0.25) is 9.79 Å². The van der Waals surface area contributed by atoms with Gasteiger partial charge in [0.25, 0.3) is 5.56 Å². The van der Waals surface area contributed by atoms with Crippen molar-refractivity contribution in [1.82, 2.24) is 9.88 Å². The monoisotopic (exact) mass is 243 g/mol. The number of aromatic nitrogens is 1. The lowest BCUT2D eigenvalue weighted by Crippen LogP contribution is -2.30. The number of amidine groups is 1. The van der Waals surface area contributed by atoms with Gasteiger partial charge in [0.15, 0.2) is 0 Å². The third kappa shape index (κ3) is 1.40. The Morgan fingerprint density at radius 1 is 1.39 bits per heavy atom. The molecule has 5 nitrogen and oxygen atoms in total. The maximum atomic E-state index is 12.3. The lowest BCUT2D eigenvalue weighted by molar-refractivity contribution is 0.478. The average molecular weight is 243 g/mol. The number of aliphatic imine (C=N–C) groups is 1. The van der Waals surface area contributed by atoms with Gasteiger partial charge in [0.05, 0.1) is 12.1 Å². The summed E-state index contributed by atoms with van der Waals surface area (Å²) in [4.78, 5) is 16.5. The number of fused-ring (bicyclic) bond motifs is 1. The second-order valence-electron chi connectivity index (χ2n) is 4.26. The predicted molar refractivity (Wildman–Crippen MR) is 70.3 cm³/mol. The van der Waals surface area contributed by atoms with Crippen LogP contribution in [0.3, 0.4) is 0 Å². The number of nitrogens with one attached hydrogen (secondary N) is 1. The molecule has 1 aliphatic heterocycles. The van der Waals surface area contributed by atoms with Gasteiger partial charge >= 0.3 is 0 Å². The van der Waals surface area contributed by atoms with Gasteiger partial charge in [-0.25, -0.2) is 0 Å². The van der Waals surface area contributed by atoms with Crippen LogP contribution in [-0.2, 0) is 7.05 Å². The van der Waals surface area contributed by atoms with Gasteiger partial charge in [-0.15, -0.1) is 0 Å². The van der Waals surface area contributed by atoms with Crippen molar-refractivity contribution in [3.8, 4) is 5.75 Å². The van der Waals surface area contributed by atoms with Crippen LogP contribution >= 0.6 is 0 Å². The molecular formula is C13H13N3O2. The Bertz CT molecular complexity index is 716. The molecule has 0 aliphatic carbocycles. The topological polar surface area (TPSA) is 66.6 Å². The molecule has 3 rings (SSSR count). The molecule has 0 atom stereocenters. The third-order valence-electron chi connectivity index (χ3n) is 3.19. The first-order chi connectivity index (χ1) is 8.70. The molecule has 2 heterocycles. The maximum absolute atomic E-state index is 12.3. The van der Waals surface area contributed by atoms with Crippen molar-refractivity contribution in [2.24, 2.45) is 12.0 Å². The summed E-state index contributed by atoms with van der Waals surface area (Å²) in [7, 11) is 1.70. The molecule has 1 aromatic heterocycles. The standard InChI is InChI=1S/C13H13N3O2/c1-16-9-5-3-2-4-8(9)11(17)10(13(16)18)12-14-6-7-15-12/h2-5,17H,6-7H2,1H3,(H,14,15). The number of aromatic hydroxyl groups is 1. The summed E-state index contributed by atoms with van der Waals surface area (Å²) >= 11 is 0. The molecule has 1 aliphatic rings. The van der Waals surface area contributed by atoms with E-state index in [1.54, 1.807) is 13.1 Å². The zero-order chi connectivity index (χ0) is 12.7. The molecule has 1 aromatic carbocycles. The first-order valence-corrected chi connectivity index (χ1v) is 5.79. The molecule has 0 spiro atoms. The zero-order valence-electron chi connectivity index (χ0n) is 9.97. The number of para-hydroxylation sites is 1. The van der Waals surface area contributed by atoms with E-state index in [4.69, 9.17) is 0 Å². The molecule has 18 heavy (non-hydrogen) atoms. The Hall–Kier alpha value is -2.30. The third-order valence-corrected chi connectivity index (χ3v) is 3.19. The summed E-state index contributed by atoms with van der Waals surface area (Å²) in [5, 5.41) is 14.0. The van der Waals surface area contributed by atoms with Crippen LogP contribution in [0.15, 0.2) is 34.1 Å². The number of rotatable bonds is 1. The summed E-state index contributed by atoms with van der Waals surface area (Å²) in [5.74, 6) is 0.487. The molecule has 0 amide bonds. The molecule has 2 N–H and O–H groups in total. The smallest absolute Gasteiger partial charge is 0.265 e. The Balaban J connectivity index is 2.42. The number of pyridine rings is 1. The van der Waals surface area contributed by atoms with Gasteiger partial charge in [0, 0.05) is 19.0 Å². The first-order valence-electron chi connectivity index (χ1n) is 5.79. The van der Waals surface area contributed by atoms with Crippen LogP contribution in [0.25, 0.3) is 10.9 Å². The Morgan fingerprint density at radius 3 is 2.89 bits per heavy atom. The molecule has 0 fully saturated rings. The molecular weight excluding hydrogens is 230 g/mol. The minimum atomic E-state index is -0.237. The van der Waals surface area contributed by atoms with E-state index in [0.29, 0.717) is 29.8 Å². The fourth-order valence-corrected chi connectivity index (χ4v) is 2.26. The van der Waals surface area contributed by atoms with Crippen molar-refractivity contribution in [3.63, 3.8) is 0 Å². The lowest BCUT2D eigenvalue weighted by Gasteiger charge is -2.11. The van der Waals surface area contributed by atoms with E-state index >= 15 is 0 Å². The highest BCUT2D eigenvalue weighted by atomic mass is 16.3. The summed E-state index contributed by atoms with van der Waals surface area (Å²) < 4.78 is 1.53. The van der Waals surface area contributed by atoms with E-state index in [1.165, 1.54) is 4.57 Å². The SMILES string of the molecule is Cn1c(=O)c(C2=NCCN2)c(O)c2ccccc21. The van der Waals surface area contributed by atoms with Crippen molar-refractivity contribution >= 4 is 16.7 Å². The van der Waals surface area contributed by atoms with Gasteiger partial charge in [-0.2, -0.15) is 0 Å².